The molecule has 0 aliphatic rings. The highest BCUT2D eigenvalue weighted by Gasteiger charge is 2.04. The molecule has 1 heterocycles. The Kier molecular flexibility index (Phi) is 4.33. The van der Waals surface area contributed by atoms with Crippen LogP contribution in [-0.4, -0.2) is 26.7 Å². The molecule has 0 saturated heterocycles. The maximum atomic E-state index is 8.76. The molecular weight excluding hydrogens is 250 g/mol. The van der Waals surface area contributed by atoms with E-state index in [9.17, 15) is 0 Å². The van der Waals surface area contributed by atoms with Crippen LogP contribution in [0, 0.1) is 6.92 Å². The van der Waals surface area contributed by atoms with E-state index in [1.165, 1.54) is 0 Å². The number of halogens is 1. The molecule has 5 heteroatoms. The average Bonchev–Trinajstić information content (AvgIpc) is 2.78. The van der Waals surface area contributed by atoms with Crippen molar-refractivity contribution < 1.29 is 5.11 Å². The first-order valence-electron chi connectivity index (χ1n) is 5.94. The van der Waals surface area contributed by atoms with Crippen molar-refractivity contribution in [2.45, 2.75) is 26.3 Å². The zero-order valence-corrected chi connectivity index (χ0v) is 11.1. The molecular formula is C13H16ClN3O. The Hall–Kier alpha value is -1.39. The summed E-state index contributed by atoms with van der Waals surface area (Å²) < 4.78 is 1.77. The lowest BCUT2D eigenvalue weighted by molar-refractivity contribution is 0.288. The van der Waals surface area contributed by atoms with Gasteiger partial charge in [0.25, 0.3) is 0 Å². The maximum absolute atomic E-state index is 8.76. The van der Waals surface area contributed by atoms with Gasteiger partial charge < -0.3 is 5.11 Å². The van der Waals surface area contributed by atoms with Gasteiger partial charge in [0, 0.05) is 17.8 Å². The highest BCUT2D eigenvalue weighted by molar-refractivity contribution is 6.31. The van der Waals surface area contributed by atoms with Crippen LogP contribution in [0.25, 0.3) is 0 Å². The summed E-state index contributed by atoms with van der Waals surface area (Å²) in [5.74, 6) is 0. The molecule has 4 nitrogen and oxygen atoms in total. The molecule has 2 aromatic rings. The van der Waals surface area contributed by atoms with Crippen LogP contribution >= 0.6 is 11.6 Å². The van der Waals surface area contributed by atoms with Crippen molar-refractivity contribution in [1.29, 1.82) is 0 Å². The molecule has 2 rings (SSSR count). The van der Waals surface area contributed by atoms with Crippen molar-refractivity contribution in [3.8, 4) is 0 Å². The first kappa shape index (κ1) is 13.1. The van der Waals surface area contributed by atoms with E-state index in [2.05, 4.69) is 10.3 Å². The van der Waals surface area contributed by atoms with Crippen LogP contribution in [0.1, 0.15) is 23.2 Å². The van der Waals surface area contributed by atoms with Gasteiger partial charge in [0.2, 0.25) is 0 Å². The molecule has 1 N–H and O–H groups in total. The largest absolute Gasteiger partial charge is 0.396 e. The van der Waals surface area contributed by atoms with Crippen molar-refractivity contribution in [2.24, 2.45) is 0 Å². The molecule has 0 bridgehead atoms. The molecule has 1 aromatic heterocycles. The van der Waals surface area contributed by atoms with Crippen LogP contribution in [0.5, 0.6) is 0 Å². The Morgan fingerprint density at radius 1 is 1.39 bits per heavy atom. The van der Waals surface area contributed by atoms with Crippen LogP contribution in [0.15, 0.2) is 24.4 Å². The minimum Gasteiger partial charge on any atom is -0.396 e. The molecule has 18 heavy (non-hydrogen) atoms. The minimum absolute atomic E-state index is 0.177. The molecule has 0 aliphatic heterocycles. The van der Waals surface area contributed by atoms with Gasteiger partial charge in [-0.25, -0.2) is 4.68 Å². The number of nitrogens with zero attached hydrogens (tertiary/aromatic N) is 3. The fraction of sp³-hybridized carbons (Fsp3) is 0.385. The van der Waals surface area contributed by atoms with Crippen LogP contribution < -0.4 is 0 Å². The number of benzene rings is 1. The molecule has 0 saturated carbocycles. The van der Waals surface area contributed by atoms with E-state index in [0.29, 0.717) is 13.0 Å². The van der Waals surface area contributed by atoms with Gasteiger partial charge in [-0.2, -0.15) is 0 Å². The normalized spacial score (nSPS) is 10.8. The fourth-order valence-electron chi connectivity index (χ4n) is 1.75. The summed E-state index contributed by atoms with van der Waals surface area (Å²) in [6.45, 7) is 2.81. The van der Waals surface area contributed by atoms with E-state index in [1.54, 1.807) is 4.68 Å². The number of aromatic nitrogens is 3. The highest BCUT2D eigenvalue weighted by atomic mass is 35.5. The van der Waals surface area contributed by atoms with Crippen LogP contribution in [0.3, 0.4) is 0 Å². The van der Waals surface area contributed by atoms with E-state index >= 15 is 0 Å². The number of hydrogen-bond donors (Lipinski definition) is 1. The van der Waals surface area contributed by atoms with Crippen LogP contribution in [-0.2, 0) is 13.0 Å². The second-order valence-electron chi connectivity index (χ2n) is 4.33. The van der Waals surface area contributed by atoms with Crippen LogP contribution in [0.2, 0.25) is 5.02 Å². The van der Waals surface area contributed by atoms with Crippen molar-refractivity contribution in [2.75, 3.05) is 6.61 Å². The molecule has 0 radical (unpaired) electrons. The van der Waals surface area contributed by atoms with Crippen molar-refractivity contribution in [1.82, 2.24) is 15.0 Å². The van der Waals surface area contributed by atoms with E-state index in [-0.39, 0.29) is 6.61 Å². The number of aliphatic hydroxyl groups excluding tert-OH is 1. The second kappa shape index (κ2) is 5.98. The van der Waals surface area contributed by atoms with E-state index in [4.69, 9.17) is 16.7 Å². The number of aliphatic hydroxyl groups is 1. The zero-order valence-electron chi connectivity index (χ0n) is 10.3. The van der Waals surface area contributed by atoms with Gasteiger partial charge in [0.1, 0.15) is 0 Å². The molecule has 0 aliphatic carbocycles. The Morgan fingerprint density at radius 2 is 2.22 bits per heavy atom. The first-order chi connectivity index (χ1) is 8.69. The standard InChI is InChI=1S/C13H16ClN3O/c1-10-4-5-11(13(14)7-10)8-17-9-12(15-16-17)3-2-6-18/h4-5,7,9,18H,2-3,6,8H2,1H3. The third-order valence-corrected chi connectivity index (χ3v) is 3.07. The van der Waals surface area contributed by atoms with E-state index < -0.39 is 0 Å². The quantitative estimate of drug-likeness (QED) is 0.902. The molecule has 96 valence electrons. The Morgan fingerprint density at radius 3 is 2.94 bits per heavy atom. The van der Waals surface area contributed by atoms with E-state index in [0.717, 1.165) is 28.3 Å². The predicted octanol–water partition coefficient (Wildman–Crippen LogP) is 2.21. The van der Waals surface area contributed by atoms with Gasteiger partial charge in [0.05, 0.1) is 12.2 Å². The van der Waals surface area contributed by atoms with Gasteiger partial charge in [-0.05, 0) is 37.0 Å². The molecule has 0 amide bonds. The summed E-state index contributed by atoms with van der Waals surface area (Å²) in [5.41, 5.74) is 3.07. The summed E-state index contributed by atoms with van der Waals surface area (Å²) >= 11 is 6.18. The lowest BCUT2D eigenvalue weighted by Gasteiger charge is -2.04. The van der Waals surface area contributed by atoms with Gasteiger partial charge in [-0.15, -0.1) is 5.10 Å². The lowest BCUT2D eigenvalue weighted by Crippen LogP contribution is -2.01. The van der Waals surface area contributed by atoms with Gasteiger partial charge >= 0.3 is 0 Å². The summed E-state index contributed by atoms with van der Waals surface area (Å²) in [6.07, 6.45) is 3.36. The topological polar surface area (TPSA) is 50.9 Å². The van der Waals surface area contributed by atoms with E-state index in [1.807, 2.05) is 31.3 Å². The van der Waals surface area contributed by atoms with Crippen LogP contribution in [0.4, 0.5) is 0 Å². The van der Waals surface area contributed by atoms with Crippen molar-refractivity contribution in [3.05, 3.63) is 46.2 Å². The maximum Gasteiger partial charge on any atom is 0.0828 e. The molecule has 0 unspecified atom stereocenters. The lowest BCUT2D eigenvalue weighted by atomic mass is 10.1. The average molecular weight is 266 g/mol. The van der Waals surface area contributed by atoms with Crippen molar-refractivity contribution in [3.63, 3.8) is 0 Å². The number of hydrogen-bond acceptors (Lipinski definition) is 3. The van der Waals surface area contributed by atoms with Gasteiger partial charge in [-0.1, -0.05) is 28.9 Å². The second-order valence-corrected chi connectivity index (χ2v) is 4.74. The SMILES string of the molecule is Cc1ccc(Cn2cc(CCCO)nn2)c(Cl)c1. The monoisotopic (exact) mass is 265 g/mol. The third-order valence-electron chi connectivity index (χ3n) is 2.72. The predicted molar refractivity (Wildman–Crippen MR) is 70.7 cm³/mol. The Balaban J connectivity index is 2.06. The third kappa shape index (κ3) is 3.31. The number of rotatable bonds is 5. The summed E-state index contributed by atoms with van der Waals surface area (Å²) in [7, 11) is 0. The van der Waals surface area contributed by atoms with Crippen molar-refractivity contribution >= 4 is 11.6 Å². The summed E-state index contributed by atoms with van der Waals surface area (Å²) in [6, 6.07) is 5.98. The summed E-state index contributed by atoms with van der Waals surface area (Å²) in [5, 5.41) is 17.6. The zero-order chi connectivity index (χ0) is 13.0. The molecule has 0 atom stereocenters. The fourth-order valence-corrected chi connectivity index (χ4v) is 2.04. The Labute approximate surface area is 111 Å². The number of aryl methyl sites for hydroxylation is 2. The molecule has 0 fully saturated rings. The molecule has 0 spiro atoms. The first-order valence-corrected chi connectivity index (χ1v) is 6.32. The molecule has 1 aromatic carbocycles. The highest BCUT2D eigenvalue weighted by Crippen LogP contribution is 2.18. The van der Waals surface area contributed by atoms with Gasteiger partial charge in [-0.3, -0.25) is 0 Å². The smallest absolute Gasteiger partial charge is 0.0828 e. The Bertz CT molecular complexity index is 525. The minimum atomic E-state index is 0.177. The van der Waals surface area contributed by atoms with Gasteiger partial charge in [0.15, 0.2) is 0 Å². The summed E-state index contributed by atoms with van der Waals surface area (Å²) in [4.78, 5) is 0.